The quantitative estimate of drug-likeness (QED) is 0.913. The first-order valence-electron chi connectivity index (χ1n) is 6.07. The molecule has 0 amide bonds. The average Bonchev–Trinajstić information content (AvgIpc) is 2.84. The number of rotatable bonds is 5. The highest BCUT2D eigenvalue weighted by Crippen LogP contribution is 2.26. The van der Waals surface area contributed by atoms with Crippen LogP contribution in [0.3, 0.4) is 0 Å². The lowest BCUT2D eigenvalue weighted by molar-refractivity contribution is 0.602. The van der Waals surface area contributed by atoms with Crippen molar-refractivity contribution >= 4 is 38.5 Å². The van der Waals surface area contributed by atoms with Crippen LogP contribution in [0, 0.1) is 0 Å². The highest BCUT2D eigenvalue weighted by Gasteiger charge is 2.10. The molecule has 0 fully saturated rings. The Morgan fingerprint density at radius 1 is 1.40 bits per heavy atom. The van der Waals surface area contributed by atoms with Gasteiger partial charge in [0.25, 0.3) is 0 Å². The normalized spacial score (nSPS) is 11.6. The lowest BCUT2D eigenvalue weighted by Gasteiger charge is -2.08. The third-order valence-corrected chi connectivity index (χ3v) is 5.30. The minimum atomic E-state index is -3.23. The fourth-order valence-corrected chi connectivity index (χ4v) is 3.28. The number of aryl methyl sites for hydroxylation is 1. The van der Waals surface area contributed by atoms with E-state index >= 15 is 0 Å². The largest absolute Gasteiger partial charge is 0.379 e. The monoisotopic (exact) mass is 330 g/mol. The Bertz CT molecular complexity index is 711. The second kappa shape index (κ2) is 6.11. The fourth-order valence-electron chi connectivity index (χ4n) is 1.65. The standard InChI is InChI=1S/C13H15ClN2O2S2/c1-3-13-16-8-9(19-13)7-15-12-6-10(20(2,17)18)4-5-11(12)14/h4-6,8,15H,3,7H2,1-2H3. The Labute approximate surface area is 127 Å². The Hall–Kier alpha value is -1.11. The Balaban J connectivity index is 2.16. The minimum Gasteiger partial charge on any atom is -0.379 e. The summed E-state index contributed by atoms with van der Waals surface area (Å²) in [6.07, 6.45) is 3.91. The number of nitrogens with zero attached hydrogens (tertiary/aromatic N) is 1. The number of hydrogen-bond donors (Lipinski definition) is 1. The van der Waals surface area contributed by atoms with Crippen LogP contribution in [0.5, 0.6) is 0 Å². The molecule has 1 heterocycles. The van der Waals surface area contributed by atoms with Crippen LogP contribution in [-0.2, 0) is 22.8 Å². The number of nitrogens with one attached hydrogen (secondary N) is 1. The van der Waals surface area contributed by atoms with Crippen LogP contribution in [0.15, 0.2) is 29.3 Å². The SMILES string of the molecule is CCc1ncc(CNc2cc(S(C)(=O)=O)ccc2Cl)s1. The van der Waals surface area contributed by atoms with E-state index in [-0.39, 0.29) is 4.90 Å². The number of aromatic nitrogens is 1. The molecule has 0 saturated heterocycles. The molecule has 4 nitrogen and oxygen atoms in total. The van der Waals surface area contributed by atoms with Crippen molar-refractivity contribution in [3.63, 3.8) is 0 Å². The van der Waals surface area contributed by atoms with E-state index in [0.29, 0.717) is 17.3 Å². The molecule has 1 aromatic heterocycles. The summed E-state index contributed by atoms with van der Waals surface area (Å²) in [5, 5.41) is 4.73. The third kappa shape index (κ3) is 3.71. The van der Waals surface area contributed by atoms with Gasteiger partial charge in [0, 0.05) is 17.3 Å². The molecule has 0 bridgehead atoms. The molecule has 0 saturated carbocycles. The van der Waals surface area contributed by atoms with Gasteiger partial charge in [-0.15, -0.1) is 11.3 Å². The molecule has 0 spiro atoms. The Morgan fingerprint density at radius 3 is 2.75 bits per heavy atom. The molecule has 0 aliphatic heterocycles. The minimum absolute atomic E-state index is 0.253. The molecule has 108 valence electrons. The molecule has 0 unspecified atom stereocenters. The van der Waals surface area contributed by atoms with Crippen LogP contribution in [-0.4, -0.2) is 19.7 Å². The van der Waals surface area contributed by atoms with Gasteiger partial charge in [-0.05, 0) is 24.6 Å². The van der Waals surface area contributed by atoms with E-state index in [2.05, 4.69) is 17.2 Å². The summed E-state index contributed by atoms with van der Waals surface area (Å²) in [6, 6.07) is 4.65. The Kier molecular flexibility index (Phi) is 4.67. The number of halogens is 1. The topological polar surface area (TPSA) is 59.1 Å². The van der Waals surface area contributed by atoms with Crippen molar-refractivity contribution in [3.05, 3.63) is 39.3 Å². The lowest BCUT2D eigenvalue weighted by Crippen LogP contribution is -2.02. The molecule has 20 heavy (non-hydrogen) atoms. The maximum atomic E-state index is 11.5. The van der Waals surface area contributed by atoms with E-state index < -0.39 is 9.84 Å². The van der Waals surface area contributed by atoms with Gasteiger partial charge in [-0.25, -0.2) is 13.4 Å². The molecule has 7 heteroatoms. The predicted molar refractivity (Wildman–Crippen MR) is 83.4 cm³/mol. The third-order valence-electron chi connectivity index (χ3n) is 2.72. The first kappa shape index (κ1) is 15.3. The Morgan fingerprint density at radius 2 is 2.15 bits per heavy atom. The van der Waals surface area contributed by atoms with Gasteiger partial charge < -0.3 is 5.32 Å². The van der Waals surface area contributed by atoms with Crippen molar-refractivity contribution in [1.82, 2.24) is 4.98 Å². The molecular weight excluding hydrogens is 316 g/mol. The van der Waals surface area contributed by atoms with Crippen molar-refractivity contribution in [2.75, 3.05) is 11.6 Å². The van der Waals surface area contributed by atoms with Crippen molar-refractivity contribution in [2.24, 2.45) is 0 Å². The number of benzene rings is 1. The van der Waals surface area contributed by atoms with E-state index in [1.54, 1.807) is 23.5 Å². The number of hydrogen-bond acceptors (Lipinski definition) is 5. The highest BCUT2D eigenvalue weighted by atomic mass is 35.5. The van der Waals surface area contributed by atoms with E-state index in [1.165, 1.54) is 12.3 Å². The molecule has 0 atom stereocenters. The summed E-state index contributed by atoms with van der Waals surface area (Å²) in [5.74, 6) is 0. The smallest absolute Gasteiger partial charge is 0.175 e. The molecule has 1 N–H and O–H groups in total. The molecular formula is C13H15ClN2O2S2. The van der Waals surface area contributed by atoms with Crippen LogP contribution in [0.25, 0.3) is 0 Å². The molecule has 2 rings (SSSR count). The molecule has 0 aliphatic rings. The van der Waals surface area contributed by atoms with Gasteiger partial charge in [0.2, 0.25) is 0 Å². The summed E-state index contributed by atoms with van der Waals surface area (Å²) in [6.45, 7) is 2.63. The summed E-state index contributed by atoms with van der Waals surface area (Å²) in [7, 11) is -3.23. The highest BCUT2D eigenvalue weighted by molar-refractivity contribution is 7.90. The average molecular weight is 331 g/mol. The van der Waals surface area contributed by atoms with E-state index in [9.17, 15) is 8.42 Å². The van der Waals surface area contributed by atoms with Crippen molar-refractivity contribution in [3.8, 4) is 0 Å². The van der Waals surface area contributed by atoms with Gasteiger partial charge in [0.1, 0.15) is 0 Å². The lowest BCUT2D eigenvalue weighted by atomic mass is 10.3. The zero-order valence-corrected chi connectivity index (χ0v) is 13.6. The van der Waals surface area contributed by atoms with Crippen LogP contribution in [0.4, 0.5) is 5.69 Å². The van der Waals surface area contributed by atoms with Gasteiger partial charge in [-0.1, -0.05) is 18.5 Å². The first-order chi connectivity index (χ1) is 9.40. The van der Waals surface area contributed by atoms with E-state index in [4.69, 9.17) is 11.6 Å². The second-order valence-electron chi connectivity index (χ2n) is 4.34. The molecule has 2 aromatic rings. The fraction of sp³-hybridized carbons (Fsp3) is 0.308. The maximum Gasteiger partial charge on any atom is 0.175 e. The number of anilines is 1. The summed E-state index contributed by atoms with van der Waals surface area (Å²) < 4.78 is 23.1. The van der Waals surface area contributed by atoms with Gasteiger partial charge >= 0.3 is 0 Å². The second-order valence-corrected chi connectivity index (χ2v) is 7.96. The van der Waals surface area contributed by atoms with Gasteiger partial charge in [0.05, 0.1) is 27.2 Å². The summed E-state index contributed by atoms with van der Waals surface area (Å²) >= 11 is 7.71. The number of sulfone groups is 1. The van der Waals surface area contributed by atoms with E-state index in [1.807, 2.05) is 6.20 Å². The van der Waals surface area contributed by atoms with Crippen LogP contribution < -0.4 is 5.32 Å². The maximum absolute atomic E-state index is 11.5. The van der Waals surface area contributed by atoms with Crippen LogP contribution >= 0.6 is 22.9 Å². The van der Waals surface area contributed by atoms with Gasteiger partial charge in [-0.2, -0.15) is 0 Å². The summed E-state index contributed by atoms with van der Waals surface area (Å²) in [5.41, 5.74) is 0.612. The van der Waals surface area contributed by atoms with Crippen LogP contribution in [0.1, 0.15) is 16.8 Å². The van der Waals surface area contributed by atoms with Gasteiger partial charge in [-0.3, -0.25) is 0 Å². The molecule has 0 radical (unpaired) electrons. The predicted octanol–water partition coefficient (Wildman–Crippen LogP) is 3.37. The molecule has 1 aromatic carbocycles. The number of thiazole rings is 1. The van der Waals surface area contributed by atoms with Crippen LogP contribution in [0.2, 0.25) is 5.02 Å². The van der Waals surface area contributed by atoms with Crippen molar-refractivity contribution in [1.29, 1.82) is 0 Å². The zero-order chi connectivity index (χ0) is 14.8. The van der Waals surface area contributed by atoms with Crippen molar-refractivity contribution in [2.45, 2.75) is 24.8 Å². The first-order valence-corrected chi connectivity index (χ1v) is 9.16. The zero-order valence-electron chi connectivity index (χ0n) is 11.2. The van der Waals surface area contributed by atoms with E-state index in [0.717, 1.165) is 16.3 Å². The van der Waals surface area contributed by atoms with Gasteiger partial charge in [0.15, 0.2) is 9.84 Å². The molecule has 0 aliphatic carbocycles. The van der Waals surface area contributed by atoms with Crippen molar-refractivity contribution < 1.29 is 8.42 Å². The summed E-state index contributed by atoms with van der Waals surface area (Å²) in [4.78, 5) is 5.61.